The van der Waals surface area contributed by atoms with E-state index in [0.29, 0.717) is 6.04 Å². The summed E-state index contributed by atoms with van der Waals surface area (Å²) in [6.45, 7) is 4.26. The molecular weight excluding hydrogens is 150 g/mol. The van der Waals surface area contributed by atoms with E-state index in [1.54, 1.807) is 0 Å². The van der Waals surface area contributed by atoms with E-state index in [1.807, 2.05) is 18.8 Å². The maximum absolute atomic E-state index is 4.37. The molecule has 1 unspecified atom stereocenters. The summed E-state index contributed by atoms with van der Waals surface area (Å²) in [5.41, 5.74) is 2.41. The van der Waals surface area contributed by atoms with Gasteiger partial charge >= 0.3 is 0 Å². The molecule has 3 nitrogen and oxygen atoms in total. The van der Waals surface area contributed by atoms with E-state index in [9.17, 15) is 0 Å². The Morgan fingerprint density at radius 1 is 1.67 bits per heavy atom. The van der Waals surface area contributed by atoms with Gasteiger partial charge in [-0.2, -0.15) is 5.10 Å². The van der Waals surface area contributed by atoms with Crippen molar-refractivity contribution < 1.29 is 0 Å². The van der Waals surface area contributed by atoms with Crippen LogP contribution in [-0.2, 0) is 13.5 Å². The van der Waals surface area contributed by atoms with E-state index in [2.05, 4.69) is 30.3 Å². The van der Waals surface area contributed by atoms with Crippen molar-refractivity contribution in [2.24, 2.45) is 7.05 Å². The zero-order valence-electron chi connectivity index (χ0n) is 8.26. The van der Waals surface area contributed by atoms with Gasteiger partial charge in [0.1, 0.15) is 0 Å². The van der Waals surface area contributed by atoms with E-state index < -0.39 is 0 Å². The molecule has 68 valence electrons. The molecule has 0 aliphatic rings. The van der Waals surface area contributed by atoms with Gasteiger partial charge in [0, 0.05) is 13.1 Å². The number of hydrogen-bond donors (Lipinski definition) is 1. The van der Waals surface area contributed by atoms with Gasteiger partial charge in [0.25, 0.3) is 0 Å². The Bertz CT molecular complexity index is 252. The second-order valence-corrected chi connectivity index (χ2v) is 3.05. The molecule has 0 saturated carbocycles. The Morgan fingerprint density at radius 3 is 2.75 bits per heavy atom. The molecule has 0 radical (unpaired) electrons. The number of nitrogens with zero attached hydrogens (tertiary/aromatic N) is 2. The summed E-state index contributed by atoms with van der Waals surface area (Å²) in [6, 6.07) is 2.53. The van der Waals surface area contributed by atoms with Crippen molar-refractivity contribution in [2.75, 3.05) is 7.05 Å². The van der Waals surface area contributed by atoms with Crippen molar-refractivity contribution in [3.8, 4) is 0 Å². The Morgan fingerprint density at radius 2 is 2.33 bits per heavy atom. The second-order valence-electron chi connectivity index (χ2n) is 3.05. The molecule has 0 amide bonds. The zero-order chi connectivity index (χ0) is 9.14. The predicted molar refractivity (Wildman–Crippen MR) is 50.1 cm³/mol. The summed E-state index contributed by atoms with van der Waals surface area (Å²) >= 11 is 0. The lowest BCUT2D eigenvalue weighted by molar-refractivity contribution is 0.578. The lowest BCUT2D eigenvalue weighted by atomic mass is 10.2. The van der Waals surface area contributed by atoms with Crippen LogP contribution in [0.25, 0.3) is 0 Å². The third-order valence-electron chi connectivity index (χ3n) is 2.21. The van der Waals surface area contributed by atoms with Crippen LogP contribution < -0.4 is 5.32 Å². The minimum Gasteiger partial charge on any atom is -0.312 e. The SMILES string of the molecule is CCc1cc(C(C)NC)n(C)n1. The van der Waals surface area contributed by atoms with Gasteiger partial charge in [-0.1, -0.05) is 6.92 Å². The zero-order valence-corrected chi connectivity index (χ0v) is 8.26. The average Bonchev–Trinajstić information content (AvgIpc) is 2.45. The van der Waals surface area contributed by atoms with Gasteiger partial charge in [-0.15, -0.1) is 0 Å². The van der Waals surface area contributed by atoms with Crippen LogP contribution in [0, 0.1) is 0 Å². The molecular formula is C9H17N3. The predicted octanol–water partition coefficient (Wildman–Crippen LogP) is 1.26. The van der Waals surface area contributed by atoms with E-state index in [1.165, 1.54) is 5.69 Å². The Hall–Kier alpha value is -0.830. The number of rotatable bonds is 3. The largest absolute Gasteiger partial charge is 0.312 e. The Balaban J connectivity index is 2.91. The molecule has 0 fully saturated rings. The summed E-state index contributed by atoms with van der Waals surface area (Å²) < 4.78 is 1.94. The summed E-state index contributed by atoms with van der Waals surface area (Å²) in [5, 5.41) is 7.57. The lowest BCUT2D eigenvalue weighted by Gasteiger charge is -2.09. The third kappa shape index (κ3) is 1.67. The first-order chi connectivity index (χ1) is 5.69. The summed E-state index contributed by atoms with van der Waals surface area (Å²) in [7, 11) is 3.95. The molecule has 1 rings (SSSR count). The molecule has 0 saturated heterocycles. The maximum Gasteiger partial charge on any atom is 0.0625 e. The van der Waals surface area contributed by atoms with E-state index in [0.717, 1.165) is 12.1 Å². The minimum atomic E-state index is 0.378. The summed E-state index contributed by atoms with van der Waals surface area (Å²) in [4.78, 5) is 0. The van der Waals surface area contributed by atoms with Gasteiger partial charge in [0.15, 0.2) is 0 Å². The standard InChI is InChI=1S/C9H17N3/c1-5-8-6-9(7(2)10-3)12(4)11-8/h6-7,10H,5H2,1-4H3. The molecule has 1 N–H and O–H groups in total. The van der Waals surface area contributed by atoms with Crippen LogP contribution in [0.4, 0.5) is 0 Å². The first-order valence-electron chi connectivity index (χ1n) is 4.39. The van der Waals surface area contributed by atoms with Gasteiger partial charge in [-0.05, 0) is 26.5 Å². The van der Waals surface area contributed by atoms with Gasteiger partial charge in [0.05, 0.1) is 11.4 Å². The molecule has 0 spiro atoms. The van der Waals surface area contributed by atoms with Crippen molar-refractivity contribution in [2.45, 2.75) is 26.3 Å². The third-order valence-corrected chi connectivity index (χ3v) is 2.21. The quantitative estimate of drug-likeness (QED) is 0.734. The average molecular weight is 167 g/mol. The van der Waals surface area contributed by atoms with Crippen molar-refractivity contribution in [3.63, 3.8) is 0 Å². The van der Waals surface area contributed by atoms with Crippen molar-refractivity contribution in [3.05, 3.63) is 17.5 Å². The molecule has 0 aliphatic heterocycles. The molecule has 1 atom stereocenters. The van der Waals surface area contributed by atoms with Gasteiger partial charge in [0.2, 0.25) is 0 Å². The Labute approximate surface area is 73.8 Å². The summed E-state index contributed by atoms with van der Waals surface area (Å²) in [5.74, 6) is 0. The van der Waals surface area contributed by atoms with Gasteiger partial charge < -0.3 is 5.32 Å². The topological polar surface area (TPSA) is 29.9 Å². The van der Waals surface area contributed by atoms with Gasteiger partial charge in [-0.25, -0.2) is 0 Å². The normalized spacial score (nSPS) is 13.3. The molecule has 0 aromatic carbocycles. The van der Waals surface area contributed by atoms with Crippen molar-refractivity contribution >= 4 is 0 Å². The Kier molecular flexibility index (Phi) is 2.87. The van der Waals surface area contributed by atoms with Crippen molar-refractivity contribution in [1.82, 2.24) is 15.1 Å². The second kappa shape index (κ2) is 3.72. The van der Waals surface area contributed by atoms with E-state index >= 15 is 0 Å². The first-order valence-corrected chi connectivity index (χ1v) is 4.39. The highest BCUT2D eigenvalue weighted by Gasteiger charge is 2.08. The molecule has 1 aromatic heterocycles. The lowest BCUT2D eigenvalue weighted by Crippen LogP contribution is -2.15. The maximum atomic E-state index is 4.37. The first kappa shape index (κ1) is 9.26. The fourth-order valence-corrected chi connectivity index (χ4v) is 1.27. The van der Waals surface area contributed by atoms with Crippen LogP contribution in [-0.4, -0.2) is 16.8 Å². The van der Waals surface area contributed by atoms with Crippen LogP contribution in [0.15, 0.2) is 6.07 Å². The molecule has 1 aromatic rings. The highest BCUT2D eigenvalue weighted by atomic mass is 15.3. The van der Waals surface area contributed by atoms with E-state index in [-0.39, 0.29) is 0 Å². The van der Waals surface area contributed by atoms with Crippen LogP contribution in [0.3, 0.4) is 0 Å². The highest BCUT2D eigenvalue weighted by molar-refractivity contribution is 5.13. The molecule has 12 heavy (non-hydrogen) atoms. The van der Waals surface area contributed by atoms with Crippen LogP contribution >= 0.6 is 0 Å². The molecule has 3 heteroatoms. The fraction of sp³-hybridized carbons (Fsp3) is 0.667. The van der Waals surface area contributed by atoms with Gasteiger partial charge in [-0.3, -0.25) is 4.68 Å². The number of aromatic nitrogens is 2. The monoisotopic (exact) mass is 167 g/mol. The minimum absolute atomic E-state index is 0.378. The molecule has 0 bridgehead atoms. The van der Waals surface area contributed by atoms with Crippen LogP contribution in [0.5, 0.6) is 0 Å². The highest BCUT2D eigenvalue weighted by Crippen LogP contribution is 2.12. The van der Waals surface area contributed by atoms with Crippen molar-refractivity contribution in [1.29, 1.82) is 0 Å². The smallest absolute Gasteiger partial charge is 0.0625 e. The number of aryl methyl sites for hydroxylation is 2. The van der Waals surface area contributed by atoms with E-state index in [4.69, 9.17) is 0 Å². The summed E-state index contributed by atoms with van der Waals surface area (Å²) in [6.07, 6.45) is 1.00. The van der Waals surface area contributed by atoms with Crippen LogP contribution in [0.1, 0.15) is 31.3 Å². The number of hydrogen-bond acceptors (Lipinski definition) is 2. The fourth-order valence-electron chi connectivity index (χ4n) is 1.27. The molecule has 1 heterocycles. The number of nitrogens with one attached hydrogen (secondary N) is 1. The van der Waals surface area contributed by atoms with Crippen LogP contribution in [0.2, 0.25) is 0 Å². The molecule has 0 aliphatic carbocycles.